The van der Waals surface area contributed by atoms with Crippen LogP contribution in [0, 0.1) is 0 Å². The Morgan fingerprint density at radius 3 is 2.33 bits per heavy atom. The van der Waals surface area contributed by atoms with Gasteiger partial charge in [-0.3, -0.25) is 4.79 Å². The zero-order valence-corrected chi connectivity index (χ0v) is 13.4. The summed E-state index contributed by atoms with van der Waals surface area (Å²) in [5.41, 5.74) is 1.81. The van der Waals surface area contributed by atoms with E-state index < -0.39 is 5.63 Å². The van der Waals surface area contributed by atoms with E-state index >= 15 is 0 Å². The van der Waals surface area contributed by atoms with Crippen molar-refractivity contribution >= 4 is 5.91 Å². The van der Waals surface area contributed by atoms with Crippen LogP contribution in [0.5, 0.6) is 0 Å². The quantitative estimate of drug-likeness (QED) is 0.785. The lowest BCUT2D eigenvalue weighted by molar-refractivity contribution is 0.0934. The normalized spacial score (nSPS) is 10.5. The van der Waals surface area contributed by atoms with Gasteiger partial charge in [0.05, 0.1) is 0 Å². The first-order valence-electron chi connectivity index (χ1n) is 7.74. The van der Waals surface area contributed by atoms with Crippen LogP contribution in [0.15, 0.2) is 70.0 Å². The van der Waals surface area contributed by atoms with Gasteiger partial charge in [0, 0.05) is 13.6 Å². The number of aryl methyl sites for hydroxylation is 1. The van der Waals surface area contributed by atoms with E-state index in [1.54, 1.807) is 19.2 Å². The maximum Gasteiger partial charge on any atom is 0.366 e. The van der Waals surface area contributed by atoms with Crippen LogP contribution in [0.1, 0.15) is 16.1 Å². The Morgan fingerprint density at radius 2 is 1.67 bits per heavy atom. The summed E-state index contributed by atoms with van der Waals surface area (Å²) in [4.78, 5) is 24.6. The highest BCUT2D eigenvalue weighted by molar-refractivity contribution is 5.98. The summed E-state index contributed by atoms with van der Waals surface area (Å²) in [6.07, 6.45) is 0.721. The lowest BCUT2D eigenvalue weighted by Gasteiger charge is -2.07. The molecule has 1 aromatic heterocycles. The molecular formula is C19H18N2O3. The number of amides is 1. The number of nitrogens with zero attached hydrogens (tertiary/aromatic N) is 1. The molecule has 3 aromatic rings. The molecule has 0 saturated heterocycles. The molecule has 0 unspecified atom stereocenters. The van der Waals surface area contributed by atoms with E-state index in [2.05, 4.69) is 5.32 Å². The van der Waals surface area contributed by atoms with Crippen molar-refractivity contribution in [2.75, 3.05) is 6.54 Å². The maximum absolute atomic E-state index is 12.5. The number of hydrogen-bond donors (Lipinski definition) is 1. The van der Waals surface area contributed by atoms with Gasteiger partial charge in [0.2, 0.25) is 0 Å². The van der Waals surface area contributed by atoms with E-state index in [1.165, 1.54) is 4.74 Å². The number of aromatic nitrogens is 1. The fraction of sp³-hybridized carbons (Fsp3) is 0.158. The predicted octanol–water partition coefficient (Wildman–Crippen LogP) is 2.62. The topological polar surface area (TPSA) is 64.2 Å². The Morgan fingerprint density at radius 1 is 1.04 bits per heavy atom. The van der Waals surface area contributed by atoms with Crippen LogP contribution in [-0.2, 0) is 13.5 Å². The molecule has 0 aliphatic carbocycles. The van der Waals surface area contributed by atoms with Crippen molar-refractivity contribution in [3.8, 4) is 11.1 Å². The van der Waals surface area contributed by atoms with Crippen molar-refractivity contribution < 1.29 is 9.32 Å². The van der Waals surface area contributed by atoms with Gasteiger partial charge >= 0.3 is 5.63 Å². The second kappa shape index (κ2) is 7.00. The van der Waals surface area contributed by atoms with Gasteiger partial charge < -0.3 is 9.84 Å². The molecule has 0 aliphatic heterocycles. The molecule has 0 spiro atoms. The largest absolute Gasteiger partial charge is 0.366 e. The summed E-state index contributed by atoms with van der Waals surface area (Å²) in [5.74, 6) is -0.321. The van der Waals surface area contributed by atoms with Crippen LogP contribution in [0.25, 0.3) is 11.1 Å². The van der Waals surface area contributed by atoms with E-state index in [9.17, 15) is 9.59 Å². The third kappa shape index (κ3) is 3.30. The van der Waals surface area contributed by atoms with Crippen LogP contribution in [-0.4, -0.2) is 17.2 Å². The molecule has 5 nitrogen and oxygen atoms in total. The van der Waals surface area contributed by atoms with Crippen molar-refractivity contribution in [3.05, 3.63) is 82.3 Å². The highest BCUT2D eigenvalue weighted by Gasteiger charge is 2.22. The molecule has 2 aromatic carbocycles. The summed E-state index contributed by atoms with van der Waals surface area (Å²) in [6, 6.07) is 19.0. The van der Waals surface area contributed by atoms with Crippen LogP contribution >= 0.6 is 0 Å². The van der Waals surface area contributed by atoms with Gasteiger partial charge in [-0.2, -0.15) is 0 Å². The molecule has 1 amide bonds. The zero-order valence-electron chi connectivity index (χ0n) is 13.4. The first kappa shape index (κ1) is 15.8. The smallest absolute Gasteiger partial charge is 0.350 e. The van der Waals surface area contributed by atoms with Gasteiger partial charge in [0.15, 0.2) is 5.69 Å². The van der Waals surface area contributed by atoms with Crippen LogP contribution in [0.4, 0.5) is 0 Å². The van der Waals surface area contributed by atoms with Gasteiger partial charge in [-0.1, -0.05) is 60.7 Å². The standard InChI is InChI=1S/C19H18N2O3/c1-21-17(16(19(23)24-21)15-10-6-3-7-11-15)18(22)20-13-12-14-8-4-2-5-9-14/h2-11H,12-13H2,1H3,(H,20,22). The molecule has 0 bridgehead atoms. The van der Waals surface area contributed by atoms with E-state index in [-0.39, 0.29) is 17.2 Å². The Hall–Kier alpha value is -3.08. The fourth-order valence-corrected chi connectivity index (χ4v) is 2.63. The minimum atomic E-state index is -0.517. The minimum absolute atomic E-state index is 0.235. The third-order valence-electron chi connectivity index (χ3n) is 3.80. The van der Waals surface area contributed by atoms with Gasteiger partial charge in [-0.25, -0.2) is 9.53 Å². The third-order valence-corrected chi connectivity index (χ3v) is 3.80. The highest BCUT2D eigenvalue weighted by atomic mass is 16.5. The SMILES string of the molecule is Cn1oc(=O)c(-c2ccccc2)c1C(=O)NCCc1ccccc1. The minimum Gasteiger partial charge on any atom is -0.350 e. The average molecular weight is 322 g/mol. The van der Waals surface area contributed by atoms with Gasteiger partial charge in [-0.05, 0) is 17.5 Å². The molecule has 0 aliphatic rings. The van der Waals surface area contributed by atoms with Gasteiger partial charge in [0.25, 0.3) is 5.91 Å². The Bertz CT molecular complexity index is 880. The molecule has 0 atom stereocenters. The molecule has 3 rings (SSSR count). The summed E-state index contributed by atoms with van der Waals surface area (Å²) in [6.45, 7) is 0.483. The lowest BCUT2D eigenvalue weighted by Crippen LogP contribution is -2.28. The number of carbonyl (C=O) groups excluding carboxylic acids is 1. The van der Waals surface area contributed by atoms with E-state index in [1.807, 2.05) is 48.5 Å². The number of hydrogen-bond acceptors (Lipinski definition) is 3. The van der Waals surface area contributed by atoms with Crippen molar-refractivity contribution in [2.24, 2.45) is 7.05 Å². The Kier molecular flexibility index (Phi) is 4.61. The zero-order chi connectivity index (χ0) is 16.9. The molecule has 122 valence electrons. The van der Waals surface area contributed by atoms with Crippen molar-refractivity contribution in [2.45, 2.75) is 6.42 Å². The summed E-state index contributed by atoms with van der Waals surface area (Å²) in [7, 11) is 1.56. The molecule has 1 heterocycles. The van der Waals surface area contributed by atoms with Gasteiger partial charge in [0.1, 0.15) is 5.56 Å². The number of carbonyl (C=O) groups is 1. The van der Waals surface area contributed by atoms with E-state index in [0.717, 1.165) is 12.0 Å². The Labute approximate surface area is 139 Å². The van der Waals surface area contributed by atoms with Crippen LogP contribution in [0.3, 0.4) is 0 Å². The Balaban J connectivity index is 1.79. The van der Waals surface area contributed by atoms with E-state index in [4.69, 9.17) is 4.52 Å². The lowest BCUT2D eigenvalue weighted by atomic mass is 10.1. The molecule has 0 saturated carbocycles. The second-order valence-electron chi connectivity index (χ2n) is 5.46. The molecule has 1 N–H and O–H groups in total. The fourth-order valence-electron chi connectivity index (χ4n) is 2.63. The van der Waals surface area contributed by atoms with Crippen LogP contribution in [0.2, 0.25) is 0 Å². The number of rotatable bonds is 5. The molecular weight excluding hydrogens is 304 g/mol. The molecule has 5 heteroatoms. The predicted molar refractivity (Wildman–Crippen MR) is 91.9 cm³/mol. The van der Waals surface area contributed by atoms with Gasteiger partial charge in [-0.15, -0.1) is 0 Å². The maximum atomic E-state index is 12.5. The molecule has 0 fully saturated rings. The summed E-state index contributed by atoms with van der Waals surface area (Å²) >= 11 is 0. The molecule has 0 radical (unpaired) electrons. The average Bonchev–Trinajstić information content (AvgIpc) is 2.90. The second-order valence-corrected chi connectivity index (χ2v) is 5.46. The number of benzene rings is 2. The summed E-state index contributed by atoms with van der Waals surface area (Å²) < 4.78 is 6.31. The highest BCUT2D eigenvalue weighted by Crippen LogP contribution is 2.20. The van der Waals surface area contributed by atoms with Crippen LogP contribution < -0.4 is 10.9 Å². The monoisotopic (exact) mass is 322 g/mol. The van der Waals surface area contributed by atoms with E-state index in [0.29, 0.717) is 12.1 Å². The first-order valence-corrected chi connectivity index (χ1v) is 7.74. The van der Waals surface area contributed by atoms with Crippen molar-refractivity contribution in [1.82, 2.24) is 10.1 Å². The first-order chi connectivity index (χ1) is 11.7. The summed E-state index contributed by atoms with van der Waals surface area (Å²) in [5, 5.41) is 2.85. The van der Waals surface area contributed by atoms with Crippen molar-refractivity contribution in [1.29, 1.82) is 0 Å². The molecule has 24 heavy (non-hydrogen) atoms. The number of nitrogens with one attached hydrogen (secondary N) is 1. The van der Waals surface area contributed by atoms with Crippen molar-refractivity contribution in [3.63, 3.8) is 0 Å².